The summed E-state index contributed by atoms with van der Waals surface area (Å²) < 4.78 is 0. The Bertz CT molecular complexity index is 470. The van der Waals surface area contributed by atoms with E-state index in [2.05, 4.69) is 38.2 Å². The summed E-state index contributed by atoms with van der Waals surface area (Å²) in [5.41, 5.74) is 9.59. The van der Waals surface area contributed by atoms with E-state index in [1.165, 1.54) is 31.2 Å². The fourth-order valence-corrected chi connectivity index (χ4v) is 2.93. The number of aryl methyl sites for hydroxylation is 1. The van der Waals surface area contributed by atoms with E-state index in [1.54, 1.807) is 0 Å². The molecule has 2 nitrogen and oxygen atoms in total. The molecule has 0 saturated heterocycles. The molecule has 3 N–H and O–H groups in total. The fourth-order valence-electron chi connectivity index (χ4n) is 2.76. The molecule has 2 rings (SSSR count). The van der Waals surface area contributed by atoms with Gasteiger partial charge in [0.05, 0.1) is 0 Å². The summed E-state index contributed by atoms with van der Waals surface area (Å²) in [6.07, 6.45) is 4.99. The van der Waals surface area contributed by atoms with Crippen molar-refractivity contribution in [2.75, 3.05) is 5.32 Å². The molecule has 0 radical (unpaired) electrons. The van der Waals surface area contributed by atoms with Gasteiger partial charge in [0.15, 0.2) is 0 Å². The molecular formula is C16H24N2S. The van der Waals surface area contributed by atoms with Gasteiger partial charge in [0.25, 0.3) is 0 Å². The third kappa shape index (κ3) is 3.69. The molecule has 0 heterocycles. The van der Waals surface area contributed by atoms with Crippen LogP contribution in [0.3, 0.4) is 0 Å². The van der Waals surface area contributed by atoms with Gasteiger partial charge in [0.1, 0.15) is 4.99 Å². The first kappa shape index (κ1) is 14.3. The van der Waals surface area contributed by atoms with Crippen LogP contribution < -0.4 is 11.1 Å². The molecule has 104 valence electrons. The summed E-state index contributed by atoms with van der Waals surface area (Å²) in [6, 6.07) is 6.77. The molecule has 1 aliphatic carbocycles. The van der Waals surface area contributed by atoms with Crippen LogP contribution in [0.25, 0.3) is 0 Å². The number of anilines is 1. The molecule has 1 saturated carbocycles. The van der Waals surface area contributed by atoms with E-state index >= 15 is 0 Å². The van der Waals surface area contributed by atoms with Crippen molar-refractivity contribution >= 4 is 22.9 Å². The van der Waals surface area contributed by atoms with Crippen molar-refractivity contribution in [3.8, 4) is 0 Å². The van der Waals surface area contributed by atoms with Gasteiger partial charge in [-0.2, -0.15) is 0 Å². The zero-order valence-electron chi connectivity index (χ0n) is 12.1. The molecule has 0 aliphatic heterocycles. The highest BCUT2D eigenvalue weighted by Crippen LogP contribution is 2.36. The second kappa shape index (κ2) is 5.49. The van der Waals surface area contributed by atoms with Crippen LogP contribution in [0.2, 0.25) is 0 Å². The van der Waals surface area contributed by atoms with Crippen molar-refractivity contribution in [2.24, 2.45) is 11.1 Å². The molecule has 0 spiro atoms. The summed E-state index contributed by atoms with van der Waals surface area (Å²) in [4.78, 5) is 0.471. The summed E-state index contributed by atoms with van der Waals surface area (Å²) >= 11 is 5.13. The number of nitrogens with two attached hydrogens (primary N) is 1. The number of thiocarbonyl (C=S) groups is 1. The third-order valence-corrected chi connectivity index (χ3v) is 4.36. The molecule has 0 aromatic heterocycles. The van der Waals surface area contributed by atoms with Crippen molar-refractivity contribution in [3.63, 3.8) is 0 Å². The Morgan fingerprint density at radius 3 is 2.53 bits per heavy atom. The smallest absolute Gasteiger partial charge is 0.106 e. The van der Waals surface area contributed by atoms with Crippen molar-refractivity contribution in [2.45, 2.75) is 52.5 Å². The summed E-state index contributed by atoms with van der Waals surface area (Å²) in [7, 11) is 0. The molecule has 1 fully saturated rings. The van der Waals surface area contributed by atoms with E-state index < -0.39 is 0 Å². The molecule has 0 unspecified atom stereocenters. The van der Waals surface area contributed by atoms with Crippen LogP contribution in [0.1, 0.15) is 50.7 Å². The van der Waals surface area contributed by atoms with Gasteiger partial charge in [-0.1, -0.05) is 32.1 Å². The van der Waals surface area contributed by atoms with E-state index in [1.807, 2.05) is 6.07 Å². The average molecular weight is 276 g/mol. The Hall–Kier alpha value is -1.09. The highest BCUT2D eigenvalue weighted by Gasteiger charge is 2.27. The van der Waals surface area contributed by atoms with Gasteiger partial charge in [-0.3, -0.25) is 0 Å². The van der Waals surface area contributed by atoms with Gasteiger partial charge in [-0.25, -0.2) is 0 Å². The standard InChI is InChI=1S/C16H24N2S/c1-11-4-5-13(15(17)19)14(10-11)18-12-6-8-16(2,3)9-7-12/h4-5,10,12,18H,6-9H2,1-3H3,(H2,17,19). The zero-order valence-corrected chi connectivity index (χ0v) is 12.9. The minimum atomic E-state index is 0.471. The van der Waals surface area contributed by atoms with Gasteiger partial charge >= 0.3 is 0 Å². The molecule has 1 aromatic rings. The minimum Gasteiger partial charge on any atom is -0.389 e. The zero-order chi connectivity index (χ0) is 14.0. The second-order valence-electron chi connectivity index (χ2n) is 6.50. The van der Waals surface area contributed by atoms with Crippen molar-refractivity contribution < 1.29 is 0 Å². The third-order valence-electron chi connectivity index (χ3n) is 4.14. The van der Waals surface area contributed by atoms with Gasteiger partial charge < -0.3 is 11.1 Å². The highest BCUT2D eigenvalue weighted by atomic mass is 32.1. The molecule has 1 aliphatic rings. The topological polar surface area (TPSA) is 38.0 Å². The Kier molecular flexibility index (Phi) is 4.14. The van der Waals surface area contributed by atoms with Gasteiger partial charge in [0, 0.05) is 17.3 Å². The van der Waals surface area contributed by atoms with E-state index in [0.717, 1.165) is 11.3 Å². The molecule has 19 heavy (non-hydrogen) atoms. The normalized spacial score (nSPS) is 19.1. The van der Waals surface area contributed by atoms with Crippen LogP contribution in [-0.4, -0.2) is 11.0 Å². The lowest BCUT2D eigenvalue weighted by molar-refractivity contribution is 0.232. The first-order valence-corrected chi connectivity index (χ1v) is 7.45. The number of benzene rings is 1. The molecule has 3 heteroatoms. The second-order valence-corrected chi connectivity index (χ2v) is 6.94. The van der Waals surface area contributed by atoms with Gasteiger partial charge in [-0.05, 0) is 55.7 Å². The Morgan fingerprint density at radius 1 is 1.32 bits per heavy atom. The molecule has 1 aromatic carbocycles. The first-order valence-electron chi connectivity index (χ1n) is 7.04. The summed E-state index contributed by atoms with van der Waals surface area (Å²) in [5.74, 6) is 0. The SMILES string of the molecule is Cc1ccc(C(N)=S)c(NC2CCC(C)(C)CC2)c1. The Labute approximate surface area is 121 Å². The van der Waals surface area contributed by atoms with Crippen molar-refractivity contribution in [3.05, 3.63) is 29.3 Å². The van der Waals surface area contributed by atoms with Crippen molar-refractivity contribution in [1.82, 2.24) is 0 Å². The summed E-state index contributed by atoms with van der Waals surface area (Å²) in [6.45, 7) is 6.81. The largest absolute Gasteiger partial charge is 0.389 e. The monoisotopic (exact) mass is 276 g/mol. The molecule has 0 amide bonds. The fraction of sp³-hybridized carbons (Fsp3) is 0.562. The maximum Gasteiger partial charge on any atom is 0.106 e. The predicted molar refractivity (Wildman–Crippen MR) is 86.7 cm³/mol. The average Bonchev–Trinajstić information content (AvgIpc) is 2.31. The van der Waals surface area contributed by atoms with E-state index in [-0.39, 0.29) is 0 Å². The molecule has 0 bridgehead atoms. The van der Waals surface area contributed by atoms with Crippen LogP contribution >= 0.6 is 12.2 Å². The lowest BCUT2D eigenvalue weighted by atomic mass is 9.75. The number of nitrogens with one attached hydrogen (secondary N) is 1. The van der Waals surface area contributed by atoms with Crippen LogP contribution in [-0.2, 0) is 0 Å². The number of hydrogen-bond acceptors (Lipinski definition) is 2. The summed E-state index contributed by atoms with van der Waals surface area (Å²) in [5, 5.41) is 3.64. The Balaban J connectivity index is 2.11. The van der Waals surface area contributed by atoms with Crippen LogP contribution in [0.15, 0.2) is 18.2 Å². The number of rotatable bonds is 3. The van der Waals surface area contributed by atoms with Gasteiger partial charge in [0.2, 0.25) is 0 Å². The minimum absolute atomic E-state index is 0.471. The van der Waals surface area contributed by atoms with E-state index in [0.29, 0.717) is 16.4 Å². The van der Waals surface area contributed by atoms with Crippen LogP contribution in [0.5, 0.6) is 0 Å². The predicted octanol–water partition coefficient (Wildman–Crippen LogP) is 4.01. The van der Waals surface area contributed by atoms with Crippen LogP contribution in [0.4, 0.5) is 5.69 Å². The maximum absolute atomic E-state index is 5.80. The van der Waals surface area contributed by atoms with Crippen molar-refractivity contribution in [1.29, 1.82) is 0 Å². The van der Waals surface area contributed by atoms with Crippen LogP contribution in [0, 0.1) is 12.3 Å². The quantitative estimate of drug-likeness (QED) is 0.819. The van der Waals surface area contributed by atoms with Gasteiger partial charge in [-0.15, -0.1) is 0 Å². The molecule has 0 atom stereocenters. The number of hydrogen-bond donors (Lipinski definition) is 2. The first-order chi connectivity index (χ1) is 8.87. The molecular weight excluding hydrogens is 252 g/mol. The lowest BCUT2D eigenvalue weighted by Crippen LogP contribution is -2.30. The van der Waals surface area contributed by atoms with E-state index in [9.17, 15) is 0 Å². The Morgan fingerprint density at radius 2 is 1.95 bits per heavy atom. The highest BCUT2D eigenvalue weighted by molar-refractivity contribution is 7.80. The maximum atomic E-state index is 5.80. The van der Waals surface area contributed by atoms with E-state index in [4.69, 9.17) is 18.0 Å². The lowest BCUT2D eigenvalue weighted by Gasteiger charge is -2.35.